The van der Waals surface area contributed by atoms with E-state index in [4.69, 9.17) is 4.74 Å². The Labute approximate surface area is 144 Å². The van der Waals surface area contributed by atoms with Gasteiger partial charge >= 0.3 is 0 Å². The number of ether oxygens (including phenoxy) is 1. The number of carbonyl (C=O) groups is 1. The summed E-state index contributed by atoms with van der Waals surface area (Å²) in [5.41, 5.74) is 4.03. The molecule has 3 heteroatoms. The Morgan fingerprint density at radius 3 is 2.67 bits per heavy atom. The van der Waals surface area contributed by atoms with Crippen molar-refractivity contribution in [3.63, 3.8) is 0 Å². The molecule has 0 atom stereocenters. The summed E-state index contributed by atoms with van der Waals surface area (Å²) in [6.07, 6.45) is 5.19. The van der Waals surface area contributed by atoms with Gasteiger partial charge in [0.2, 0.25) is 5.91 Å². The summed E-state index contributed by atoms with van der Waals surface area (Å²) in [5.74, 6) is 0.665. The van der Waals surface area contributed by atoms with E-state index in [1.165, 1.54) is 0 Å². The first kappa shape index (κ1) is 17.8. The zero-order valence-corrected chi connectivity index (χ0v) is 14.6. The monoisotopic (exact) mass is 323 g/mol. The second kappa shape index (κ2) is 8.92. The van der Waals surface area contributed by atoms with Crippen LogP contribution < -0.4 is 10.1 Å². The topological polar surface area (TPSA) is 38.3 Å². The van der Waals surface area contributed by atoms with Crippen LogP contribution in [0.5, 0.6) is 5.75 Å². The number of carbonyl (C=O) groups excluding carboxylic acids is 1. The van der Waals surface area contributed by atoms with Gasteiger partial charge in [-0.2, -0.15) is 0 Å². The van der Waals surface area contributed by atoms with Crippen LogP contribution in [0.2, 0.25) is 0 Å². The van der Waals surface area contributed by atoms with E-state index in [1.54, 1.807) is 12.2 Å². The molecular weight excluding hydrogens is 298 g/mol. The standard InChI is InChI=1S/C21H25NO2/c1-4-15-24-19-12-7-6-10-18(19)13-14-20(23)22-21-16(3)9-8-11-17(21)5-2/h6-14H,4-5,15H2,1-3H3,(H,22,23). The lowest BCUT2D eigenvalue weighted by Gasteiger charge is -2.11. The van der Waals surface area contributed by atoms with Crippen LogP contribution in [0.4, 0.5) is 5.69 Å². The SMILES string of the molecule is CCCOc1ccccc1C=CC(=O)Nc1c(C)cccc1CC. The van der Waals surface area contributed by atoms with Crippen molar-refractivity contribution < 1.29 is 9.53 Å². The summed E-state index contributed by atoms with van der Waals surface area (Å²) >= 11 is 0. The molecule has 0 aromatic heterocycles. The van der Waals surface area contributed by atoms with Crippen molar-refractivity contribution in [2.24, 2.45) is 0 Å². The minimum absolute atomic E-state index is 0.135. The van der Waals surface area contributed by atoms with Crippen molar-refractivity contribution in [2.75, 3.05) is 11.9 Å². The van der Waals surface area contributed by atoms with Crippen LogP contribution in [0.15, 0.2) is 48.5 Å². The zero-order valence-electron chi connectivity index (χ0n) is 14.6. The van der Waals surface area contributed by atoms with Crippen LogP contribution in [0, 0.1) is 6.92 Å². The van der Waals surface area contributed by atoms with Gasteiger partial charge in [-0.25, -0.2) is 0 Å². The number of para-hydroxylation sites is 2. The van der Waals surface area contributed by atoms with E-state index in [2.05, 4.69) is 19.2 Å². The predicted octanol–water partition coefficient (Wildman–Crippen LogP) is 5.00. The quantitative estimate of drug-likeness (QED) is 0.728. The summed E-state index contributed by atoms with van der Waals surface area (Å²) in [4.78, 5) is 12.3. The molecule has 0 aliphatic heterocycles. The summed E-state index contributed by atoms with van der Waals surface area (Å²) in [7, 11) is 0. The minimum Gasteiger partial charge on any atom is -0.493 e. The number of nitrogens with one attached hydrogen (secondary N) is 1. The van der Waals surface area contributed by atoms with Crippen molar-refractivity contribution >= 4 is 17.7 Å². The molecule has 0 aliphatic carbocycles. The van der Waals surface area contributed by atoms with E-state index in [9.17, 15) is 4.79 Å². The van der Waals surface area contributed by atoms with Gasteiger partial charge in [0.25, 0.3) is 0 Å². The third-order valence-electron chi connectivity index (χ3n) is 3.78. The highest BCUT2D eigenvalue weighted by Gasteiger charge is 2.07. The largest absolute Gasteiger partial charge is 0.493 e. The van der Waals surface area contributed by atoms with Crippen LogP contribution in [-0.2, 0) is 11.2 Å². The molecule has 126 valence electrons. The fourth-order valence-corrected chi connectivity index (χ4v) is 2.49. The molecule has 0 bridgehead atoms. The molecule has 0 fully saturated rings. The van der Waals surface area contributed by atoms with Crippen LogP contribution in [0.3, 0.4) is 0 Å². The first-order valence-electron chi connectivity index (χ1n) is 8.45. The molecule has 0 saturated heterocycles. The highest BCUT2D eigenvalue weighted by Crippen LogP contribution is 2.22. The third kappa shape index (κ3) is 4.72. The van der Waals surface area contributed by atoms with Crippen LogP contribution in [0.1, 0.15) is 37.0 Å². The molecule has 3 nitrogen and oxygen atoms in total. The number of anilines is 1. The van der Waals surface area contributed by atoms with Gasteiger partial charge in [0.05, 0.1) is 6.61 Å². The summed E-state index contributed by atoms with van der Waals surface area (Å²) < 4.78 is 5.71. The van der Waals surface area contributed by atoms with Gasteiger partial charge in [-0.15, -0.1) is 0 Å². The lowest BCUT2D eigenvalue weighted by Crippen LogP contribution is -2.11. The first-order chi connectivity index (χ1) is 11.7. The van der Waals surface area contributed by atoms with E-state index in [-0.39, 0.29) is 5.91 Å². The van der Waals surface area contributed by atoms with Crippen molar-refractivity contribution in [1.82, 2.24) is 0 Å². The van der Waals surface area contributed by atoms with E-state index in [0.717, 1.165) is 41.0 Å². The second-order valence-corrected chi connectivity index (χ2v) is 5.67. The average molecular weight is 323 g/mol. The van der Waals surface area contributed by atoms with E-state index in [1.807, 2.05) is 49.4 Å². The van der Waals surface area contributed by atoms with Gasteiger partial charge in [0.15, 0.2) is 0 Å². The summed E-state index contributed by atoms with van der Waals surface area (Å²) in [6.45, 7) is 6.83. The second-order valence-electron chi connectivity index (χ2n) is 5.67. The van der Waals surface area contributed by atoms with E-state index in [0.29, 0.717) is 6.61 Å². The smallest absolute Gasteiger partial charge is 0.248 e. The first-order valence-corrected chi connectivity index (χ1v) is 8.45. The Bertz CT molecular complexity index is 720. The van der Waals surface area contributed by atoms with Gasteiger partial charge in [-0.1, -0.05) is 50.2 Å². The van der Waals surface area contributed by atoms with Crippen LogP contribution >= 0.6 is 0 Å². The molecule has 0 radical (unpaired) electrons. The Morgan fingerprint density at radius 1 is 1.12 bits per heavy atom. The number of benzene rings is 2. The third-order valence-corrected chi connectivity index (χ3v) is 3.78. The Balaban J connectivity index is 2.12. The number of hydrogen-bond acceptors (Lipinski definition) is 2. The lowest BCUT2D eigenvalue weighted by atomic mass is 10.1. The molecule has 1 N–H and O–H groups in total. The summed E-state index contributed by atoms with van der Waals surface area (Å²) in [5, 5.41) is 3.00. The van der Waals surface area contributed by atoms with Crippen molar-refractivity contribution in [3.8, 4) is 5.75 Å². The van der Waals surface area contributed by atoms with Gasteiger partial charge in [-0.05, 0) is 43.0 Å². The maximum atomic E-state index is 12.3. The maximum Gasteiger partial charge on any atom is 0.248 e. The summed E-state index contributed by atoms with van der Waals surface area (Å²) in [6, 6.07) is 13.8. The molecule has 0 spiro atoms. The van der Waals surface area contributed by atoms with Gasteiger partial charge in [0.1, 0.15) is 5.75 Å². The Hall–Kier alpha value is -2.55. The molecule has 0 unspecified atom stereocenters. The van der Waals surface area contributed by atoms with Gasteiger partial charge in [-0.3, -0.25) is 4.79 Å². The molecular formula is C21H25NO2. The minimum atomic E-state index is -0.135. The highest BCUT2D eigenvalue weighted by molar-refractivity contribution is 6.03. The highest BCUT2D eigenvalue weighted by atomic mass is 16.5. The van der Waals surface area contributed by atoms with E-state index < -0.39 is 0 Å². The molecule has 0 saturated carbocycles. The van der Waals surface area contributed by atoms with E-state index >= 15 is 0 Å². The van der Waals surface area contributed by atoms with Gasteiger partial charge in [0, 0.05) is 17.3 Å². The number of rotatable bonds is 7. The molecule has 0 heterocycles. The Kier molecular flexibility index (Phi) is 6.62. The molecule has 24 heavy (non-hydrogen) atoms. The predicted molar refractivity (Wildman–Crippen MR) is 100 cm³/mol. The zero-order chi connectivity index (χ0) is 17.4. The van der Waals surface area contributed by atoms with Crippen LogP contribution in [0.25, 0.3) is 6.08 Å². The molecule has 2 aromatic carbocycles. The van der Waals surface area contributed by atoms with Crippen molar-refractivity contribution in [3.05, 3.63) is 65.2 Å². The fourth-order valence-electron chi connectivity index (χ4n) is 2.49. The van der Waals surface area contributed by atoms with Crippen molar-refractivity contribution in [2.45, 2.75) is 33.6 Å². The number of hydrogen-bond donors (Lipinski definition) is 1. The van der Waals surface area contributed by atoms with Crippen LogP contribution in [-0.4, -0.2) is 12.5 Å². The average Bonchev–Trinajstić information content (AvgIpc) is 2.60. The maximum absolute atomic E-state index is 12.3. The Morgan fingerprint density at radius 2 is 1.92 bits per heavy atom. The number of amides is 1. The normalized spacial score (nSPS) is 10.8. The lowest BCUT2D eigenvalue weighted by molar-refractivity contribution is -0.111. The van der Waals surface area contributed by atoms with Gasteiger partial charge < -0.3 is 10.1 Å². The van der Waals surface area contributed by atoms with Crippen molar-refractivity contribution in [1.29, 1.82) is 0 Å². The fraction of sp³-hybridized carbons (Fsp3) is 0.286. The molecule has 2 aromatic rings. The molecule has 2 rings (SSSR count). The molecule has 1 amide bonds. The number of aryl methyl sites for hydroxylation is 2. The molecule has 0 aliphatic rings.